The first kappa shape index (κ1) is 9.55. The van der Waals surface area contributed by atoms with Gasteiger partial charge in [-0.25, -0.2) is 0 Å². The van der Waals surface area contributed by atoms with E-state index in [1.807, 2.05) is 0 Å². The van der Waals surface area contributed by atoms with Crippen LogP contribution < -0.4 is 0 Å². The van der Waals surface area contributed by atoms with Gasteiger partial charge in [-0.2, -0.15) is 5.10 Å². The standard InChI is InChI=1S/C7H8Cl2N2O/c1-4-7(9)5(2)11(10-4)3-6(8)12/h3H2,1-2H3. The van der Waals surface area contributed by atoms with Crippen molar-refractivity contribution in [3.05, 3.63) is 16.4 Å². The first-order valence-corrected chi connectivity index (χ1v) is 4.16. The fourth-order valence-corrected chi connectivity index (χ4v) is 1.20. The van der Waals surface area contributed by atoms with E-state index >= 15 is 0 Å². The van der Waals surface area contributed by atoms with Gasteiger partial charge in [-0.15, -0.1) is 0 Å². The van der Waals surface area contributed by atoms with E-state index in [0.29, 0.717) is 10.7 Å². The molecule has 0 spiro atoms. The second-order valence-corrected chi connectivity index (χ2v) is 3.30. The van der Waals surface area contributed by atoms with Gasteiger partial charge in [0.1, 0.15) is 6.54 Å². The second kappa shape index (κ2) is 3.46. The average Bonchev–Trinajstić information content (AvgIpc) is 2.17. The summed E-state index contributed by atoms with van der Waals surface area (Å²) in [6.45, 7) is 3.65. The predicted octanol–water partition coefficient (Wildman–Crippen LogP) is 1.92. The van der Waals surface area contributed by atoms with Crippen molar-refractivity contribution in [1.82, 2.24) is 9.78 Å². The molecule has 12 heavy (non-hydrogen) atoms. The minimum atomic E-state index is -0.447. The van der Waals surface area contributed by atoms with Gasteiger partial charge in [-0.05, 0) is 25.4 Å². The molecule has 0 atom stereocenters. The summed E-state index contributed by atoms with van der Waals surface area (Å²) in [5.41, 5.74) is 1.48. The Morgan fingerprint density at radius 2 is 2.17 bits per heavy atom. The van der Waals surface area contributed by atoms with Gasteiger partial charge >= 0.3 is 0 Å². The monoisotopic (exact) mass is 206 g/mol. The number of aryl methyl sites for hydroxylation is 1. The van der Waals surface area contributed by atoms with Gasteiger partial charge in [-0.1, -0.05) is 11.6 Å². The molecule has 0 aliphatic rings. The van der Waals surface area contributed by atoms with Gasteiger partial charge in [0.2, 0.25) is 5.24 Å². The van der Waals surface area contributed by atoms with Gasteiger partial charge in [-0.3, -0.25) is 9.48 Å². The number of hydrogen-bond acceptors (Lipinski definition) is 2. The van der Waals surface area contributed by atoms with E-state index in [0.717, 1.165) is 5.69 Å². The average molecular weight is 207 g/mol. The SMILES string of the molecule is Cc1nn(CC(=O)Cl)c(C)c1Cl. The first-order valence-electron chi connectivity index (χ1n) is 3.40. The van der Waals surface area contributed by atoms with E-state index in [1.54, 1.807) is 13.8 Å². The van der Waals surface area contributed by atoms with Crippen LogP contribution in [-0.4, -0.2) is 15.0 Å². The zero-order valence-corrected chi connectivity index (χ0v) is 8.28. The van der Waals surface area contributed by atoms with Crippen LogP contribution in [0.4, 0.5) is 0 Å². The van der Waals surface area contributed by atoms with Crippen molar-refractivity contribution in [2.75, 3.05) is 0 Å². The topological polar surface area (TPSA) is 34.9 Å². The van der Waals surface area contributed by atoms with Crippen LogP contribution in [0.3, 0.4) is 0 Å². The maximum atomic E-state index is 10.5. The number of nitrogens with zero attached hydrogens (tertiary/aromatic N) is 2. The maximum absolute atomic E-state index is 10.5. The number of rotatable bonds is 2. The zero-order chi connectivity index (χ0) is 9.30. The molecule has 1 aromatic heterocycles. The Bertz CT molecular complexity index is 319. The highest BCUT2D eigenvalue weighted by Crippen LogP contribution is 2.18. The van der Waals surface area contributed by atoms with Crippen molar-refractivity contribution in [2.45, 2.75) is 20.4 Å². The van der Waals surface area contributed by atoms with Crippen LogP contribution in [0.2, 0.25) is 5.02 Å². The van der Waals surface area contributed by atoms with E-state index < -0.39 is 5.24 Å². The first-order chi connectivity index (χ1) is 5.52. The van der Waals surface area contributed by atoms with E-state index in [1.165, 1.54) is 4.68 Å². The van der Waals surface area contributed by atoms with Crippen LogP contribution in [0.25, 0.3) is 0 Å². The van der Waals surface area contributed by atoms with Gasteiger partial charge in [0.15, 0.2) is 0 Å². The summed E-state index contributed by atoms with van der Waals surface area (Å²) in [5, 5.41) is 4.17. The largest absolute Gasteiger partial charge is 0.279 e. The Kier molecular flexibility index (Phi) is 2.75. The molecule has 0 aromatic carbocycles. The molecule has 5 heteroatoms. The van der Waals surface area contributed by atoms with E-state index in [-0.39, 0.29) is 6.54 Å². The molecule has 0 unspecified atom stereocenters. The smallest absolute Gasteiger partial charge is 0.243 e. The third-order valence-electron chi connectivity index (χ3n) is 1.57. The fourth-order valence-electron chi connectivity index (χ4n) is 0.947. The third kappa shape index (κ3) is 1.79. The molecule has 3 nitrogen and oxygen atoms in total. The van der Waals surface area contributed by atoms with Crippen LogP contribution in [-0.2, 0) is 11.3 Å². The molecule has 0 N–H and O–H groups in total. The number of carbonyl (C=O) groups is 1. The number of halogens is 2. The van der Waals surface area contributed by atoms with Crippen molar-refractivity contribution in [3.8, 4) is 0 Å². The lowest BCUT2D eigenvalue weighted by molar-refractivity contribution is -0.112. The van der Waals surface area contributed by atoms with E-state index in [2.05, 4.69) is 5.10 Å². The minimum absolute atomic E-state index is 0.0704. The molecule has 1 aromatic rings. The van der Waals surface area contributed by atoms with Crippen LogP contribution in [0, 0.1) is 13.8 Å². The predicted molar refractivity (Wildman–Crippen MR) is 47.6 cm³/mol. The van der Waals surface area contributed by atoms with Gasteiger partial charge in [0, 0.05) is 0 Å². The summed E-state index contributed by atoms with van der Waals surface area (Å²) in [6, 6.07) is 0. The Morgan fingerprint density at radius 3 is 2.50 bits per heavy atom. The molecule has 0 saturated heterocycles. The Labute approximate surface area is 80.3 Å². The molecule has 0 radical (unpaired) electrons. The Morgan fingerprint density at radius 1 is 1.58 bits per heavy atom. The molecular formula is C7H8Cl2N2O. The molecule has 0 amide bonds. The quantitative estimate of drug-likeness (QED) is 0.694. The lowest BCUT2D eigenvalue weighted by Gasteiger charge is -1.97. The normalized spacial score (nSPS) is 10.3. The lowest BCUT2D eigenvalue weighted by Crippen LogP contribution is -2.07. The van der Waals surface area contributed by atoms with Crippen molar-refractivity contribution in [1.29, 1.82) is 0 Å². The molecule has 0 aliphatic heterocycles. The van der Waals surface area contributed by atoms with Gasteiger partial charge in [0.05, 0.1) is 16.4 Å². The molecule has 0 saturated carbocycles. The summed E-state index contributed by atoms with van der Waals surface area (Å²) in [5.74, 6) is 0. The number of aromatic nitrogens is 2. The Balaban J connectivity index is 3.01. The number of hydrogen-bond donors (Lipinski definition) is 0. The van der Waals surface area contributed by atoms with Crippen LogP contribution in [0.15, 0.2) is 0 Å². The molecule has 0 aliphatic carbocycles. The minimum Gasteiger partial charge on any atom is -0.279 e. The highest BCUT2D eigenvalue weighted by molar-refractivity contribution is 6.63. The summed E-state index contributed by atoms with van der Waals surface area (Å²) >= 11 is 11.0. The van der Waals surface area contributed by atoms with Crippen molar-refractivity contribution >= 4 is 28.4 Å². The van der Waals surface area contributed by atoms with Crippen molar-refractivity contribution in [2.24, 2.45) is 0 Å². The highest BCUT2D eigenvalue weighted by Gasteiger charge is 2.10. The summed E-state index contributed by atoms with van der Waals surface area (Å²) in [4.78, 5) is 10.5. The zero-order valence-electron chi connectivity index (χ0n) is 6.77. The second-order valence-electron chi connectivity index (χ2n) is 2.50. The fraction of sp³-hybridized carbons (Fsp3) is 0.429. The molecule has 66 valence electrons. The Hall–Kier alpha value is -0.540. The molecule has 1 heterocycles. The summed E-state index contributed by atoms with van der Waals surface area (Å²) in [6.07, 6.45) is 0. The summed E-state index contributed by atoms with van der Waals surface area (Å²) in [7, 11) is 0. The molecule has 1 rings (SSSR count). The van der Waals surface area contributed by atoms with Gasteiger partial charge in [0.25, 0.3) is 0 Å². The highest BCUT2D eigenvalue weighted by atomic mass is 35.5. The molecular weight excluding hydrogens is 199 g/mol. The van der Waals surface area contributed by atoms with Crippen LogP contribution >= 0.6 is 23.2 Å². The number of carbonyl (C=O) groups excluding carboxylic acids is 1. The third-order valence-corrected chi connectivity index (χ3v) is 2.23. The molecule has 0 bridgehead atoms. The van der Waals surface area contributed by atoms with Crippen LogP contribution in [0.5, 0.6) is 0 Å². The maximum Gasteiger partial charge on any atom is 0.243 e. The van der Waals surface area contributed by atoms with Crippen LogP contribution in [0.1, 0.15) is 11.4 Å². The van der Waals surface area contributed by atoms with E-state index in [9.17, 15) is 4.79 Å². The van der Waals surface area contributed by atoms with Crippen molar-refractivity contribution < 1.29 is 4.79 Å². The summed E-state index contributed by atoms with van der Waals surface area (Å²) < 4.78 is 1.49. The van der Waals surface area contributed by atoms with Crippen molar-refractivity contribution in [3.63, 3.8) is 0 Å². The lowest BCUT2D eigenvalue weighted by atomic mass is 10.4. The molecule has 0 fully saturated rings. The van der Waals surface area contributed by atoms with E-state index in [4.69, 9.17) is 23.2 Å². The van der Waals surface area contributed by atoms with Gasteiger partial charge < -0.3 is 0 Å².